The van der Waals surface area contributed by atoms with Crippen LogP contribution in [0, 0.1) is 5.92 Å². The minimum Gasteiger partial charge on any atom is -0.444 e. The molecule has 0 spiro atoms. The molecular formula is C17H34N2O2. The average molecular weight is 298 g/mol. The minimum absolute atomic E-state index is 0.242. The van der Waals surface area contributed by atoms with Gasteiger partial charge in [-0.3, -0.25) is 0 Å². The normalized spacial score (nSPS) is 24.1. The Morgan fingerprint density at radius 2 is 1.76 bits per heavy atom. The third kappa shape index (κ3) is 6.68. The molecule has 1 aliphatic carbocycles. The summed E-state index contributed by atoms with van der Waals surface area (Å²) in [4.78, 5) is 11.8. The van der Waals surface area contributed by atoms with Gasteiger partial charge in [0.2, 0.25) is 0 Å². The molecule has 124 valence electrons. The Hall–Kier alpha value is -0.770. The first kappa shape index (κ1) is 18.3. The number of carbonyl (C=O) groups is 1. The third-order valence-electron chi connectivity index (χ3n) is 4.41. The van der Waals surface area contributed by atoms with Crippen molar-refractivity contribution < 1.29 is 9.53 Å². The van der Waals surface area contributed by atoms with E-state index in [0.717, 1.165) is 25.2 Å². The number of ether oxygens (including phenoxy) is 1. The van der Waals surface area contributed by atoms with E-state index in [9.17, 15) is 4.79 Å². The Morgan fingerprint density at radius 1 is 1.19 bits per heavy atom. The molecule has 1 saturated carbocycles. The van der Waals surface area contributed by atoms with Crippen LogP contribution in [0.4, 0.5) is 4.79 Å². The van der Waals surface area contributed by atoms with E-state index in [2.05, 4.69) is 31.4 Å². The van der Waals surface area contributed by atoms with Crippen molar-refractivity contribution in [1.82, 2.24) is 10.6 Å². The van der Waals surface area contributed by atoms with Crippen LogP contribution in [-0.4, -0.2) is 29.8 Å². The summed E-state index contributed by atoms with van der Waals surface area (Å²) in [6.45, 7) is 12.5. The quantitative estimate of drug-likeness (QED) is 0.783. The lowest BCUT2D eigenvalue weighted by molar-refractivity contribution is 0.0505. The zero-order chi connectivity index (χ0) is 16.0. The molecule has 0 bridgehead atoms. The third-order valence-corrected chi connectivity index (χ3v) is 4.41. The van der Waals surface area contributed by atoms with Gasteiger partial charge >= 0.3 is 6.09 Å². The fourth-order valence-electron chi connectivity index (χ4n) is 3.24. The molecule has 0 aromatic carbocycles. The summed E-state index contributed by atoms with van der Waals surface area (Å²) in [5.74, 6) is 0.739. The largest absolute Gasteiger partial charge is 0.444 e. The molecular weight excluding hydrogens is 264 g/mol. The molecule has 2 N–H and O–H groups in total. The topological polar surface area (TPSA) is 50.4 Å². The highest BCUT2D eigenvalue weighted by molar-refractivity contribution is 5.68. The van der Waals surface area contributed by atoms with E-state index in [1.54, 1.807) is 0 Å². The molecule has 4 heteroatoms. The maximum Gasteiger partial charge on any atom is 0.407 e. The van der Waals surface area contributed by atoms with Crippen LogP contribution in [0.2, 0.25) is 0 Å². The summed E-state index contributed by atoms with van der Waals surface area (Å²) in [6, 6.07) is 1.30. The minimum atomic E-state index is -0.426. The standard InChI is InChI=1S/C17H34N2O2/c1-7-13(8-2)12(3)18-14-9-10-15(11-14)19-16(20)21-17(4,5)6/h12-15,18H,7-11H2,1-6H3,(H,19,20). The molecule has 0 aliphatic heterocycles. The van der Waals surface area contributed by atoms with Crippen LogP contribution in [0.5, 0.6) is 0 Å². The number of amides is 1. The summed E-state index contributed by atoms with van der Waals surface area (Å²) < 4.78 is 5.32. The smallest absolute Gasteiger partial charge is 0.407 e. The number of alkyl carbamates (subject to hydrolysis) is 1. The van der Waals surface area contributed by atoms with E-state index in [0.29, 0.717) is 12.1 Å². The van der Waals surface area contributed by atoms with Crippen LogP contribution < -0.4 is 10.6 Å². The van der Waals surface area contributed by atoms with Crippen molar-refractivity contribution >= 4 is 6.09 Å². The first-order valence-electron chi connectivity index (χ1n) is 8.50. The van der Waals surface area contributed by atoms with Crippen LogP contribution in [0.1, 0.15) is 73.6 Å². The monoisotopic (exact) mass is 298 g/mol. The molecule has 0 aromatic rings. The molecule has 1 amide bonds. The SMILES string of the molecule is CCC(CC)C(C)NC1CCC(NC(=O)OC(C)(C)C)C1. The Kier molecular flexibility index (Phi) is 6.98. The van der Waals surface area contributed by atoms with Gasteiger partial charge in [0.05, 0.1) is 0 Å². The highest BCUT2D eigenvalue weighted by Crippen LogP contribution is 2.22. The van der Waals surface area contributed by atoms with E-state index in [1.165, 1.54) is 12.8 Å². The lowest BCUT2D eigenvalue weighted by Crippen LogP contribution is -2.42. The lowest BCUT2D eigenvalue weighted by Gasteiger charge is -2.26. The molecule has 0 radical (unpaired) electrons. The van der Waals surface area contributed by atoms with Gasteiger partial charge in [-0.15, -0.1) is 0 Å². The zero-order valence-corrected chi connectivity index (χ0v) is 14.7. The average Bonchev–Trinajstić information content (AvgIpc) is 2.75. The molecule has 3 unspecified atom stereocenters. The second-order valence-corrected chi connectivity index (χ2v) is 7.39. The second kappa shape index (κ2) is 8.02. The van der Waals surface area contributed by atoms with E-state index in [1.807, 2.05) is 20.8 Å². The highest BCUT2D eigenvalue weighted by atomic mass is 16.6. The lowest BCUT2D eigenvalue weighted by atomic mass is 9.95. The summed E-state index contributed by atoms with van der Waals surface area (Å²) in [5, 5.41) is 6.73. The molecule has 0 aromatic heterocycles. The fourth-order valence-corrected chi connectivity index (χ4v) is 3.24. The van der Waals surface area contributed by atoms with E-state index in [-0.39, 0.29) is 12.1 Å². The van der Waals surface area contributed by atoms with Gasteiger partial charge in [-0.1, -0.05) is 26.7 Å². The highest BCUT2D eigenvalue weighted by Gasteiger charge is 2.29. The maximum absolute atomic E-state index is 11.8. The van der Waals surface area contributed by atoms with E-state index < -0.39 is 5.60 Å². The summed E-state index contributed by atoms with van der Waals surface area (Å²) in [7, 11) is 0. The molecule has 21 heavy (non-hydrogen) atoms. The number of carbonyl (C=O) groups excluding carboxylic acids is 1. The summed E-state index contributed by atoms with van der Waals surface area (Å²) >= 11 is 0. The van der Waals surface area contributed by atoms with Gasteiger partial charge in [-0.2, -0.15) is 0 Å². The van der Waals surface area contributed by atoms with Crippen LogP contribution in [0.25, 0.3) is 0 Å². The number of hydrogen-bond acceptors (Lipinski definition) is 3. The van der Waals surface area contributed by atoms with E-state index in [4.69, 9.17) is 4.74 Å². The fraction of sp³-hybridized carbons (Fsp3) is 0.941. The van der Waals surface area contributed by atoms with Gasteiger partial charge < -0.3 is 15.4 Å². The molecule has 1 rings (SSSR count). The van der Waals surface area contributed by atoms with Gasteiger partial charge in [0.1, 0.15) is 5.60 Å². The molecule has 3 atom stereocenters. The van der Waals surface area contributed by atoms with Gasteiger partial charge in [0, 0.05) is 18.1 Å². The maximum atomic E-state index is 11.8. The number of hydrogen-bond donors (Lipinski definition) is 2. The van der Waals surface area contributed by atoms with Crippen molar-refractivity contribution in [2.45, 2.75) is 97.4 Å². The Balaban J connectivity index is 2.34. The van der Waals surface area contributed by atoms with Crippen molar-refractivity contribution in [3.05, 3.63) is 0 Å². The van der Waals surface area contributed by atoms with Gasteiger partial charge in [-0.05, 0) is 52.9 Å². The first-order chi connectivity index (χ1) is 9.75. The number of nitrogens with one attached hydrogen (secondary N) is 2. The van der Waals surface area contributed by atoms with Crippen LogP contribution in [0.3, 0.4) is 0 Å². The molecule has 0 saturated heterocycles. The van der Waals surface area contributed by atoms with Gasteiger partial charge in [0.25, 0.3) is 0 Å². The Morgan fingerprint density at radius 3 is 2.29 bits per heavy atom. The van der Waals surface area contributed by atoms with Gasteiger partial charge in [-0.25, -0.2) is 4.79 Å². The summed E-state index contributed by atoms with van der Waals surface area (Å²) in [6.07, 6.45) is 5.32. The van der Waals surface area contributed by atoms with Gasteiger partial charge in [0.15, 0.2) is 0 Å². The molecule has 0 heterocycles. The molecule has 1 aliphatic rings. The second-order valence-electron chi connectivity index (χ2n) is 7.39. The zero-order valence-electron chi connectivity index (χ0n) is 14.7. The van der Waals surface area contributed by atoms with Crippen LogP contribution >= 0.6 is 0 Å². The van der Waals surface area contributed by atoms with Crippen molar-refractivity contribution in [2.75, 3.05) is 0 Å². The molecule has 1 fully saturated rings. The van der Waals surface area contributed by atoms with Crippen molar-refractivity contribution in [2.24, 2.45) is 5.92 Å². The van der Waals surface area contributed by atoms with E-state index >= 15 is 0 Å². The van der Waals surface area contributed by atoms with Crippen molar-refractivity contribution in [3.8, 4) is 0 Å². The first-order valence-corrected chi connectivity index (χ1v) is 8.50. The summed E-state index contributed by atoms with van der Waals surface area (Å²) in [5.41, 5.74) is -0.426. The Bertz CT molecular complexity index is 321. The number of rotatable bonds is 6. The predicted octanol–water partition coefficient (Wildman–Crippen LogP) is 3.85. The van der Waals surface area contributed by atoms with Crippen LogP contribution in [-0.2, 0) is 4.74 Å². The Labute approximate surface area is 130 Å². The molecule has 4 nitrogen and oxygen atoms in total. The van der Waals surface area contributed by atoms with Crippen LogP contribution in [0.15, 0.2) is 0 Å². The van der Waals surface area contributed by atoms with Crippen molar-refractivity contribution in [1.29, 1.82) is 0 Å². The van der Waals surface area contributed by atoms with Crippen molar-refractivity contribution in [3.63, 3.8) is 0 Å². The predicted molar refractivity (Wildman–Crippen MR) is 87.5 cm³/mol.